The van der Waals surface area contributed by atoms with Crippen LogP contribution < -0.4 is 0 Å². The molecule has 0 aromatic rings. The summed E-state index contributed by atoms with van der Waals surface area (Å²) >= 11 is 0. The van der Waals surface area contributed by atoms with E-state index in [1.165, 1.54) is 19.9 Å². The Hall–Kier alpha value is -2.65. The maximum Gasteiger partial charge on any atom is 0.306 e. The fourth-order valence-corrected chi connectivity index (χ4v) is 9.03. The number of aliphatic hydroxyl groups is 2. The second kappa shape index (κ2) is 9.97. The summed E-state index contributed by atoms with van der Waals surface area (Å²) < 4.78 is 5.80. The third kappa shape index (κ3) is 4.29. The number of esters is 1. The zero-order valence-corrected chi connectivity index (χ0v) is 25.4. The van der Waals surface area contributed by atoms with Crippen molar-refractivity contribution in [1.82, 2.24) is 0 Å². The predicted octanol–water partition coefficient (Wildman–Crippen LogP) is 3.59. The first-order valence-corrected chi connectivity index (χ1v) is 14.6. The number of ether oxygens (including phenoxy) is 1. The highest BCUT2D eigenvalue weighted by atomic mass is 16.5. The zero-order chi connectivity index (χ0) is 31.0. The van der Waals surface area contributed by atoms with Gasteiger partial charge in [-0.3, -0.25) is 24.0 Å². The number of hydrogen-bond donors (Lipinski definition) is 3. The number of allylic oxidation sites excluding steroid dienone is 2. The standard InChI is InChI=1S/C32H44O9/c1-15(11-18(34)12-16(2)28(39)40)19-13-23(37)32(8)24-20(35)14-21-29(4,5)22(36)9-10-30(21,6)25(24)26(38)27(31(19,32)7)41-17(3)33/h11,16,19-22,27,35-36H,9-10,12-14H2,1-8H3,(H,39,40)/t16-,19+,20+,21-,22+,27+,30-,31-,32-/m0/s1. The fourth-order valence-electron chi connectivity index (χ4n) is 9.03. The highest BCUT2D eigenvalue weighted by Crippen LogP contribution is 2.71. The third-order valence-electron chi connectivity index (χ3n) is 11.6. The molecule has 4 aliphatic rings. The van der Waals surface area contributed by atoms with E-state index < -0.39 is 75.3 Å². The quantitative estimate of drug-likeness (QED) is 0.320. The van der Waals surface area contributed by atoms with E-state index in [2.05, 4.69) is 0 Å². The van der Waals surface area contributed by atoms with E-state index in [1.54, 1.807) is 20.8 Å². The SMILES string of the molecule is CC(=O)O[C@@H]1C(=O)C2=C([C@H](O)C[C@H]3C(C)(C)[C@H](O)CC[C@]23C)[C@]2(C)C(=O)C[C@H](C(C)=CC(=O)C[C@H](C)C(=O)O)[C@@]12C. The van der Waals surface area contributed by atoms with Crippen molar-refractivity contribution in [3.8, 4) is 0 Å². The number of rotatable bonds is 6. The number of fused-ring (bicyclic) bond motifs is 4. The molecule has 0 radical (unpaired) electrons. The summed E-state index contributed by atoms with van der Waals surface area (Å²) in [4.78, 5) is 65.3. The lowest BCUT2D eigenvalue weighted by atomic mass is 9.42. The van der Waals surface area contributed by atoms with Crippen molar-refractivity contribution in [1.29, 1.82) is 0 Å². The van der Waals surface area contributed by atoms with Gasteiger partial charge in [-0.1, -0.05) is 40.2 Å². The van der Waals surface area contributed by atoms with E-state index in [1.807, 2.05) is 20.8 Å². The Morgan fingerprint density at radius 1 is 1.07 bits per heavy atom. The monoisotopic (exact) mass is 572 g/mol. The van der Waals surface area contributed by atoms with E-state index in [9.17, 15) is 39.3 Å². The molecule has 0 heterocycles. The van der Waals surface area contributed by atoms with Gasteiger partial charge in [-0.15, -0.1) is 0 Å². The van der Waals surface area contributed by atoms with Crippen molar-refractivity contribution in [2.24, 2.45) is 39.4 Å². The van der Waals surface area contributed by atoms with Gasteiger partial charge in [0, 0.05) is 30.8 Å². The minimum Gasteiger partial charge on any atom is -0.481 e. The van der Waals surface area contributed by atoms with Crippen molar-refractivity contribution in [3.63, 3.8) is 0 Å². The topological polar surface area (TPSA) is 155 Å². The first-order valence-electron chi connectivity index (χ1n) is 14.6. The number of aliphatic hydroxyl groups excluding tert-OH is 2. The highest BCUT2D eigenvalue weighted by molar-refractivity contribution is 6.08. The van der Waals surface area contributed by atoms with Crippen LogP contribution in [-0.4, -0.2) is 62.9 Å². The van der Waals surface area contributed by atoms with Crippen LogP contribution in [-0.2, 0) is 28.7 Å². The van der Waals surface area contributed by atoms with E-state index in [4.69, 9.17) is 4.74 Å². The Bertz CT molecular complexity index is 1270. The van der Waals surface area contributed by atoms with Gasteiger partial charge in [0.05, 0.1) is 23.5 Å². The Morgan fingerprint density at radius 2 is 1.68 bits per heavy atom. The molecule has 0 bridgehead atoms. The van der Waals surface area contributed by atoms with Crippen molar-refractivity contribution in [2.45, 2.75) is 106 Å². The maximum absolute atomic E-state index is 14.6. The summed E-state index contributed by atoms with van der Waals surface area (Å²) in [7, 11) is 0. The van der Waals surface area contributed by atoms with Crippen LogP contribution in [0, 0.1) is 39.4 Å². The molecule has 4 rings (SSSR count). The van der Waals surface area contributed by atoms with Crippen LogP contribution in [0.1, 0.15) is 87.5 Å². The first-order chi connectivity index (χ1) is 18.8. The molecule has 0 aliphatic heterocycles. The average Bonchev–Trinajstić information content (AvgIpc) is 3.07. The Balaban J connectivity index is 1.93. The molecule has 0 amide bonds. The van der Waals surface area contributed by atoms with Gasteiger partial charge >= 0.3 is 11.9 Å². The van der Waals surface area contributed by atoms with Crippen LogP contribution >= 0.6 is 0 Å². The summed E-state index contributed by atoms with van der Waals surface area (Å²) in [6.45, 7) is 13.6. The molecule has 4 aliphatic carbocycles. The lowest BCUT2D eigenvalue weighted by Gasteiger charge is -2.62. The first kappa shape index (κ1) is 31.3. The lowest BCUT2D eigenvalue weighted by Crippen LogP contribution is -2.65. The molecule has 2 saturated carbocycles. The van der Waals surface area contributed by atoms with Gasteiger partial charge in [0.2, 0.25) is 5.78 Å². The summed E-state index contributed by atoms with van der Waals surface area (Å²) in [5.74, 6) is -4.66. The molecule has 0 unspecified atom stereocenters. The third-order valence-corrected chi connectivity index (χ3v) is 11.6. The van der Waals surface area contributed by atoms with Gasteiger partial charge in [0.25, 0.3) is 0 Å². The summed E-state index contributed by atoms with van der Waals surface area (Å²) in [6.07, 6.45) is -0.793. The van der Waals surface area contributed by atoms with Gasteiger partial charge in [0.1, 0.15) is 5.78 Å². The van der Waals surface area contributed by atoms with E-state index in [0.717, 1.165) is 0 Å². The molecule has 9 heteroatoms. The fraction of sp³-hybridized carbons (Fsp3) is 0.719. The molecule has 2 fully saturated rings. The van der Waals surface area contributed by atoms with Gasteiger partial charge in [0.15, 0.2) is 11.9 Å². The second-order valence-corrected chi connectivity index (χ2v) is 14.1. The smallest absolute Gasteiger partial charge is 0.306 e. The number of carboxylic acids is 1. The normalized spacial score (nSPS) is 40.8. The minimum atomic E-state index is -1.37. The van der Waals surface area contributed by atoms with Crippen molar-refractivity contribution in [2.75, 3.05) is 0 Å². The zero-order valence-electron chi connectivity index (χ0n) is 25.4. The number of aliphatic carboxylic acids is 1. The van der Waals surface area contributed by atoms with Gasteiger partial charge in [-0.05, 0) is 67.4 Å². The lowest BCUT2D eigenvalue weighted by molar-refractivity contribution is -0.175. The minimum absolute atomic E-state index is 0.0318. The highest BCUT2D eigenvalue weighted by Gasteiger charge is 2.74. The second-order valence-electron chi connectivity index (χ2n) is 14.1. The molecule has 3 N–H and O–H groups in total. The van der Waals surface area contributed by atoms with Crippen LogP contribution in [0.25, 0.3) is 0 Å². The molecule has 0 spiro atoms. The Morgan fingerprint density at radius 3 is 2.24 bits per heavy atom. The Kier molecular flexibility index (Phi) is 7.61. The van der Waals surface area contributed by atoms with Crippen molar-refractivity contribution in [3.05, 3.63) is 22.8 Å². The van der Waals surface area contributed by atoms with Crippen LogP contribution in [0.3, 0.4) is 0 Å². The maximum atomic E-state index is 14.6. The van der Waals surface area contributed by atoms with E-state index in [0.29, 0.717) is 29.6 Å². The van der Waals surface area contributed by atoms with Gasteiger partial charge in [-0.2, -0.15) is 0 Å². The summed E-state index contributed by atoms with van der Waals surface area (Å²) in [5.41, 5.74) is -2.83. The van der Waals surface area contributed by atoms with Gasteiger partial charge in [-0.25, -0.2) is 0 Å². The van der Waals surface area contributed by atoms with Crippen molar-refractivity contribution >= 4 is 29.3 Å². The summed E-state index contributed by atoms with van der Waals surface area (Å²) in [5, 5.41) is 31.9. The largest absolute Gasteiger partial charge is 0.481 e. The molecule has 0 saturated heterocycles. The van der Waals surface area contributed by atoms with E-state index >= 15 is 0 Å². The molecule has 226 valence electrons. The molecular formula is C32H44O9. The molecule has 41 heavy (non-hydrogen) atoms. The molecule has 9 atom stereocenters. The predicted molar refractivity (Wildman–Crippen MR) is 148 cm³/mol. The number of carbonyl (C=O) groups is 5. The number of carboxylic acid groups (broad SMARTS) is 1. The number of Topliss-reactive ketones (excluding diaryl/α,β-unsaturated/α-hetero) is 2. The van der Waals surface area contributed by atoms with Crippen LogP contribution in [0.4, 0.5) is 0 Å². The molecular weight excluding hydrogens is 528 g/mol. The molecule has 9 nitrogen and oxygen atoms in total. The number of carbonyl (C=O) groups excluding carboxylic acids is 4. The number of ketones is 3. The van der Waals surface area contributed by atoms with Crippen LogP contribution in [0.15, 0.2) is 22.8 Å². The van der Waals surface area contributed by atoms with Crippen molar-refractivity contribution < 1.29 is 44.0 Å². The number of hydrogen-bond acceptors (Lipinski definition) is 8. The van der Waals surface area contributed by atoms with Crippen LogP contribution in [0.2, 0.25) is 0 Å². The molecule has 0 aromatic carbocycles. The molecule has 0 aromatic heterocycles. The Labute approximate surface area is 241 Å². The van der Waals surface area contributed by atoms with Gasteiger partial charge < -0.3 is 20.1 Å². The summed E-state index contributed by atoms with van der Waals surface area (Å²) in [6, 6.07) is 0. The van der Waals surface area contributed by atoms with E-state index in [-0.39, 0.29) is 31.0 Å². The van der Waals surface area contributed by atoms with Crippen LogP contribution in [0.5, 0.6) is 0 Å². The average molecular weight is 573 g/mol.